The summed E-state index contributed by atoms with van der Waals surface area (Å²) in [6.45, 7) is 0.628. The number of carbonyl (C=O) groups excluding carboxylic acids is 2. The fraction of sp³-hybridized carbons (Fsp3) is 0.364. The van der Waals surface area contributed by atoms with Gasteiger partial charge in [0.2, 0.25) is 0 Å². The van der Waals surface area contributed by atoms with Crippen molar-refractivity contribution in [2.24, 2.45) is 0 Å². The Bertz CT molecular complexity index is 843. The summed E-state index contributed by atoms with van der Waals surface area (Å²) in [7, 11) is 0. The summed E-state index contributed by atoms with van der Waals surface area (Å²) in [5.74, 6) is -0.267. The van der Waals surface area contributed by atoms with E-state index in [0.717, 1.165) is 32.1 Å². The maximum absolute atomic E-state index is 12.8. The van der Waals surface area contributed by atoms with Crippen LogP contribution >= 0.6 is 0 Å². The summed E-state index contributed by atoms with van der Waals surface area (Å²) in [5.41, 5.74) is 3.68. The van der Waals surface area contributed by atoms with Crippen molar-refractivity contribution in [1.82, 2.24) is 5.32 Å². The van der Waals surface area contributed by atoms with E-state index in [0.29, 0.717) is 17.9 Å². The van der Waals surface area contributed by atoms with E-state index in [-0.39, 0.29) is 24.0 Å². The maximum atomic E-state index is 12.8. The molecule has 2 atom stereocenters. The molecule has 4 rings (SSSR count). The normalized spacial score (nSPS) is 21.3. The summed E-state index contributed by atoms with van der Waals surface area (Å²) in [5, 5.41) is 6.01. The fourth-order valence-corrected chi connectivity index (χ4v) is 3.89. The van der Waals surface area contributed by atoms with Gasteiger partial charge in [0.05, 0.1) is 6.04 Å². The van der Waals surface area contributed by atoms with Crippen molar-refractivity contribution >= 4 is 17.5 Å². The lowest BCUT2D eigenvalue weighted by molar-refractivity contribution is -0.124. The Balaban J connectivity index is 1.44. The first-order valence-corrected chi connectivity index (χ1v) is 9.62. The lowest BCUT2D eigenvalue weighted by Gasteiger charge is -2.26. The zero-order chi connectivity index (χ0) is 18.6. The Morgan fingerprint density at radius 3 is 2.74 bits per heavy atom. The molecular formula is C22H24N2O3. The van der Waals surface area contributed by atoms with Gasteiger partial charge in [-0.1, -0.05) is 30.3 Å². The highest BCUT2D eigenvalue weighted by Crippen LogP contribution is 2.29. The van der Waals surface area contributed by atoms with Crippen LogP contribution in [-0.2, 0) is 16.0 Å². The predicted octanol–water partition coefficient (Wildman–Crippen LogP) is 3.61. The Hall–Kier alpha value is -2.66. The number of benzene rings is 2. The van der Waals surface area contributed by atoms with Crippen molar-refractivity contribution in [3.05, 3.63) is 65.2 Å². The van der Waals surface area contributed by atoms with Crippen molar-refractivity contribution in [3.8, 4) is 0 Å². The van der Waals surface area contributed by atoms with Crippen molar-refractivity contribution in [2.45, 2.75) is 44.2 Å². The first-order valence-electron chi connectivity index (χ1n) is 9.62. The van der Waals surface area contributed by atoms with Crippen LogP contribution in [0.1, 0.15) is 53.2 Å². The molecule has 5 nitrogen and oxygen atoms in total. The van der Waals surface area contributed by atoms with Crippen LogP contribution in [0.3, 0.4) is 0 Å². The maximum Gasteiger partial charge on any atom is 0.253 e. The first-order chi connectivity index (χ1) is 13.2. The SMILES string of the molecule is O=C(N[C@@H]1CCCc2ccccc21)c1cccc(NC(=O)[C@H]2CCCO2)c1. The molecule has 5 heteroatoms. The van der Waals surface area contributed by atoms with Gasteiger partial charge in [-0.3, -0.25) is 9.59 Å². The van der Waals surface area contributed by atoms with Gasteiger partial charge in [0.25, 0.3) is 11.8 Å². The number of aryl methyl sites for hydroxylation is 1. The van der Waals surface area contributed by atoms with E-state index in [9.17, 15) is 9.59 Å². The van der Waals surface area contributed by atoms with Crippen molar-refractivity contribution < 1.29 is 14.3 Å². The van der Waals surface area contributed by atoms with Crippen LogP contribution in [0.25, 0.3) is 0 Å². The van der Waals surface area contributed by atoms with Gasteiger partial charge in [0.15, 0.2) is 0 Å². The Kier molecular flexibility index (Phi) is 5.21. The zero-order valence-electron chi connectivity index (χ0n) is 15.2. The van der Waals surface area contributed by atoms with Gasteiger partial charge in [-0.15, -0.1) is 0 Å². The van der Waals surface area contributed by atoms with E-state index < -0.39 is 0 Å². The van der Waals surface area contributed by atoms with E-state index in [4.69, 9.17) is 4.74 Å². The largest absolute Gasteiger partial charge is 0.368 e. The molecule has 2 N–H and O–H groups in total. The van der Waals surface area contributed by atoms with Gasteiger partial charge in [-0.25, -0.2) is 0 Å². The minimum Gasteiger partial charge on any atom is -0.368 e. The standard InChI is InChI=1S/C22H24N2O3/c25-21(24-19-11-4-7-15-6-1-2-10-18(15)19)16-8-3-9-17(14-16)23-22(26)20-12-5-13-27-20/h1-3,6,8-10,14,19-20H,4-5,7,11-13H2,(H,23,26)(H,24,25)/t19-,20-/m1/s1. The molecule has 1 fully saturated rings. The van der Waals surface area contributed by atoms with Crippen LogP contribution in [0.2, 0.25) is 0 Å². The second-order valence-corrected chi connectivity index (χ2v) is 7.19. The van der Waals surface area contributed by atoms with Gasteiger partial charge in [0.1, 0.15) is 6.10 Å². The molecule has 0 unspecified atom stereocenters. The van der Waals surface area contributed by atoms with Gasteiger partial charge in [-0.2, -0.15) is 0 Å². The number of ether oxygens (including phenoxy) is 1. The number of hydrogen-bond donors (Lipinski definition) is 2. The average Bonchev–Trinajstić information content (AvgIpc) is 3.23. The summed E-state index contributed by atoms with van der Waals surface area (Å²) in [4.78, 5) is 25.0. The molecule has 1 aliphatic carbocycles. The molecule has 0 bridgehead atoms. The second kappa shape index (κ2) is 7.92. The minimum absolute atomic E-state index is 0.0348. The molecule has 0 radical (unpaired) electrons. The summed E-state index contributed by atoms with van der Waals surface area (Å²) < 4.78 is 5.41. The number of hydrogen-bond acceptors (Lipinski definition) is 3. The van der Waals surface area contributed by atoms with E-state index in [1.807, 2.05) is 12.1 Å². The minimum atomic E-state index is -0.388. The van der Waals surface area contributed by atoms with Crippen LogP contribution in [0.5, 0.6) is 0 Å². The quantitative estimate of drug-likeness (QED) is 0.871. The number of rotatable bonds is 4. The number of fused-ring (bicyclic) bond motifs is 1. The molecule has 0 aromatic heterocycles. The van der Waals surface area contributed by atoms with E-state index in [2.05, 4.69) is 22.8 Å². The molecular weight excluding hydrogens is 340 g/mol. The fourth-order valence-electron chi connectivity index (χ4n) is 3.89. The molecule has 0 saturated carbocycles. The highest BCUT2D eigenvalue weighted by atomic mass is 16.5. The van der Waals surface area contributed by atoms with Crippen LogP contribution in [0, 0.1) is 0 Å². The summed E-state index contributed by atoms with van der Waals surface area (Å²) in [6, 6.07) is 15.4. The van der Waals surface area contributed by atoms with Gasteiger partial charge < -0.3 is 15.4 Å². The third-order valence-corrected chi connectivity index (χ3v) is 5.29. The first kappa shape index (κ1) is 17.7. The van der Waals surface area contributed by atoms with E-state index in [1.54, 1.807) is 24.3 Å². The Morgan fingerprint density at radius 1 is 1.00 bits per heavy atom. The molecule has 1 aliphatic heterocycles. The van der Waals surface area contributed by atoms with E-state index >= 15 is 0 Å². The number of amides is 2. The van der Waals surface area contributed by atoms with Crippen LogP contribution < -0.4 is 10.6 Å². The average molecular weight is 364 g/mol. The molecule has 1 saturated heterocycles. The van der Waals surface area contributed by atoms with Crippen LogP contribution in [0.15, 0.2) is 48.5 Å². The van der Waals surface area contributed by atoms with Crippen molar-refractivity contribution in [2.75, 3.05) is 11.9 Å². The number of carbonyl (C=O) groups is 2. The molecule has 140 valence electrons. The van der Waals surface area contributed by atoms with Gasteiger partial charge >= 0.3 is 0 Å². The Morgan fingerprint density at radius 2 is 1.89 bits per heavy atom. The van der Waals surface area contributed by atoms with E-state index in [1.165, 1.54) is 11.1 Å². The molecule has 2 amide bonds. The predicted molar refractivity (Wildman–Crippen MR) is 104 cm³/mol. The smallest absolute Gasteiger partial charge is 0.253 e. The molecule has 1 heterocycles. The third kappa shape index (κ3) is 4.03. The monoisotopic (exact) mass is 364 g/mol. The highest BCUT2D eigenvalue weighted by molar-refractivity contribution is 5.98. The van der Waals surface area contributed by atoms with Crippen molar-refractivity contribution in [1.29, 1.82) is 0 Å². The molecule has 27 heavy (non-hydrogen) atoms. The number of nitrogens with one attached hydrogen (secondary N) is 2. The van der Waals surface area contributed by atoms with Gasteiger partial charge in [0, 0.05) is 17.9 Å². The zero-order valence-corrected chi connectivity index (χ0v) is 15.2. The highest BCUT2D eigenvalue weighted by Gasteiger charge is 2.24. The number of anilines is 1. The topological polar surface area (TPSA) is 67.4 Å². The Labute approximate surface area is 159 Å². The van der Waals surface area contributed by atoms with Gasteiger partial charge in [-0.05, 0) is 61.4 Å². The molecule has 2 aromatic rings. The molecule has 0 spiro atoms. The summed E-state index contributed by atoms with van der Waals surface area (Å²) in [6.07, 6.45) is 4.34. The lowest BCUT2D eigenvalue weighted by Crippen LogP contribution is -2.31. The lowest BCUT2D eigenvalue weighted by atomic mass is 9.87. The third-order valence-electron chi connectivity index (χ3n) is 5.29. The summed E-state index contributed by atoms with van der Waals surface area (Å²) >= 11 is 0. The van der Waals surface area contributed by atoms with Crippen molar-refractivity contribution in [3.63, 3.8) is 0 Å². The molecule has 2 aromatic carbocycles. The van der Waals surface area contributed by atoms with Crippen LogP contribution in [0.4, 0.5) is 5.69 Å². The molecule has 2 aliphatic rings. The van der Waals surface area contributed by atoms with Crippen LogP contribution in [-0.4, -0.2) is 24.5 Å². The second-order valence-electron chi connectivity index (χ2n) is 7.19.